The number of aromatic nitrogens is 3. The minimum Gasteiger partial charge on any atom is -0.368 e. The van der Waals surface area contributed by atoms with Crippen LogP contribution in [0, 0.1) is 5.41 Å². The molecule has 1 amide bonds. The van der Waals surface area contributed by atoms with Gasteiger partial charge in [-0.15, -0.1) is 0 Å². The summed E-state index contributed by atoms with van der Waals surface area (Å²) in [5, 5.41) is 0. The third-order valence-electron chi connectivity index (χ3n) is 5.19. The summed E-state index contributed by atoms with van der Waals surface area (Å²) in [6, 6.07) is 7.62. The first-order chi connectivity index (χ1) is 14.5. The first-order valence-corrected chi connectivity index (χ1v) is 9.96. The van der Waals surface area contributed by atoms with Crippen molar-refractivity contribution >= 4 is 11.6 Å². The van der Waals surface area contributed by atoms with Gasteiger partial charge in [0.2, 0.25) is 5.91 Å². The van der Waals surface area contributed by atoms with Gasteiger partial charge in [-0.2, -0.15) is 13.2 Å². The van der Waals surface area contributed by atoms with E-state index in [-0.39, 0.29) is 5.91 Å². The maximum Gasteiger partial charge on any atom is 0.417 e. The second-order valence-corrected chi connectivity index (χ2v) is 8.60. The number of amides is 1. The monoisotopic (exact) mass is 432 g/mol. The van der Waals surface area contributed by atoms with E-state index in [2.05, 4.69) is 9.97 Å². The highest BCUT2D eigenvalue weighted by Gasteiger charge is 2.33. The van der Waals surface area contributed by atoms with E-state index in [1.54, 1.807) is 23.1 Å². The molecule has 0 aromatic carbocycles. The van der Waals surface area contributed by atoms with Crippen molar-refractivity contribution in [2.24, 2.45) is 5.41 Å². The molecule has 31 heavy (non-hydrogen) atoms. The Morgan fingerprint density at radius 2 is 1.94 bits per heavy atom. The van der Waals surface area contributed by atoms with Crippen molar-refractivity contribution in [1.82, 2.24) is 19.3 Å². The molecule has 6 nitrogen and oxygen atoms in total. The summed E-state index contributed by atoms with van der Waals surface area (Å²) in [7, 11) is 0. The molecule has 3 aromatic heterocycles. The fourth-order valence-corrected chi connectivity index (χ4v) is 3.60. The highest BCUT2D eigenvalue weighted by Crippen LogP contribution is 2.31. The first-order valence-electron chi connectivity index (χ1n) is 9.96. The lowest BCUT2D eigenvalue weighted by Gasteiger charge is -2.36. The molecule has 4 rings (SSSR count). The Labute approximate surface area is 177 Å². The van der Waals surface area contributed by atoms with Crippen LogP contribution in [-0.4, -0.2) is 44.9 Å². The molecule has 1 atom stereocenters. The van der Waals surface area contributed by atoms with Gasteiger partial charge in [-0.3, -0.25) is 9.20 Å². The van der Waals surface area contributed by atoms with E-state index >= 15 is 0 Å². The number of alkyl halides is 3. The maximum absolute atomic E-state index is 13.2. The van der Waals surface area contributed by atoms with E-state index in [1.807, 2.05) is 20.8 Å². The van der Waals surface area contributed by atoms with Crippen LogP contribution < -0.4 is 0 Å². The molecular formula is C22H23F3N4O2. The zero-order chi connectivity index (χ0) is 22.4. The van der Waals surface area contributed by atoms with Gasteiger partial charge >= 0.3 is 6.18 Å². The van der Waals surface area contributed by atoms with Gasteiger partial charge in [0.15, 0.2) is 0 Å². The number of pyridine rings is 2. The van der Waals surface area contributed by atoms with Crippen molar-refractivity contribution in [3.63, 3.8) is 0 Å². The molecule has 9 heteroatoms. The van der Waals surface area contributed by atoms with E-state index < -0.39 is 23.3 Å². The zero-order valence-corrected chi connectivity index (χ0v) is 17.5. The summed E-state index contributed by atoms with van der Waals surface area (Å²) < 4.78 is 46.7. The molecule has 1 fully saturated rings. The van der Waals surface area contributed by atoms with E-state index in [9.17, 15) is 18.0 Å². The minimum atomic E-state index is -4.45. The summed E-state index contributed by atoms with van der Waals surface area (Å²) in [5.41, 5.74) is 0.678. The average molecular weight is 432 g/mol. The number of rotatable bonds is 2. The Bertz CT molecular complexity index is 1120. The number of nitrogens with zero attached hydrogens (tertiary/aromatic N) is 4. The summed E-state index contributed by atoms with van der Waals surface area (Å²) in [6.07, 6.45) is -2.35. The number of morpholine rings is 1. The molecule has 0 bridgehead atoms. The third kappa shape index (κ3) is 4.27. The topological polar surface area (TPSA) is 59.7 Å². The van der Waals surface area contributed by atoms with Gasteiger partial charge in [0.05, 0.1) is 42.0 Å². The average Bonchev–Trinajstić information content (AvgIpc) is 3.15. The molecule has 1 saturated heterocycles. The number of hydrogen-bond donors (Lipinski definition) is 0. The van der Waals surface area contributed by atoms with Crippen molar-refractivity contribution in [2.45, 2.75) is 33.1 Å². The minimum absolute atomic E-state index is 0.0402. The van der Waals surface area contributed by atoms with E-state index in [0.717, 1.165) is 12.3 Å². The van der Waals surface area contributed by atoms with Gasteiger partial charge in [0.25, 0.3) is 0 Å². The van der Waals surface area contributed by atoms with Crippen LogP contribution in [0.4, 0.5) is 13.2 Å². The fraction of sp³-hybridized carbons (Fsp3) is 0.409. The SMILES string of the molecule is CC(C)(C)C(=O)N1CCO[C@H](c2cccc(-c3cnc4ccc(C(F)(F)F)cn34)n2)C1. The van der Waals surface area contributed by atoms with E-state index in [4.69, 9.17) is 4.74 Å². The van der Waals surface area contributed by atoms with E-state index in [0.29, 0.717) is 42.4 Å². The quantitative estimate of drug-likeness (QED) is 0.604. The first kappa shape index (κ1) is 21.3. The molecule has 0 radical (unpaired) electrons. The number of imidazole rings is 1. The number of hydrogen-bond acceptors (Lipinski definition) is 4. The smallest absolute Gasteiger partial charge is 0.368 e. The van der Waals surface area contributed by atoms with Crippen LogP contribution >= 0.6 is 0 Å². The lowest BCUT2D eigenvalue weighted by Crippen LogP contribution is -2.47. The normalized spacial score (nSPS) is 17.9. The number of carbonyl (C=O) groups is 1. The van der Waals surface area contributed by atoms with Crippen LogP contribution in [0.2, 0.25) is 0 Å². The number of carbonyl (C=O) groups excluding carboxylic acids is 1. The number of ether oxygens (including phenoxy) is 1. The molecule has 0 N–H and O–H groups in total. The van der Waals surface area contributed by atoms with Crippen molar-refractivity contribution in [2.75, 3.05) is 19.7 Å². The Hall–Kier alpha value is -2.94. The lowest BCUT2D eigenvalue weighted by molar-refractivity contribution is -0.147. The third-order valence-corrected chi connectivity index (χ3v) is 5.19. The number of fused-ring (bicyclic) bond motifs is 1. The van der Waals surface area contributed by atoms with Crippen molar-refractivity contribution in [3.05, 3.63) is 54.0 Å². The molecule has 0 aliphatic carbocycles. The predicted molar refractivity (Wildman–Crippen MR) is 108 cm³/mol. The lowest BCUT2D eigenvalue weighted by atomic mass is 9.94. The Morgan fingerprint density at radius 1 is 1.16 bits per heavy atom. The highest BCUT2D eigenvalue weighted by atomic mass is 19.4. The summed E-state index contributed by atoms with van der Waals surface area (Å²) in [5.74, 6) is 0.0402. The molecule has 164 valence electrons. The summed E-state index contributed by atoms with van der Waals surface area (Å²) in [4.78, 5) is 23.3. The Kier molecular flexibility index (Phi) is 5.25. The largest absolute Gasteiger partial charge is 0.417 e. The van der Waals surface area contributed by atoms with Crippen molar-refractivity contribution in [3.8, 4) is 11.4 Å². The zero-order valence-electron chi connectivity index (χ0n) is 17.5. The summed E-state index contributed by atoms with van der Waals surface area (Å²) in [6.45, 7) is 6.90. The van der Waals surface area contributed by atoms with Crippen molar-refractivity contribution < 1.29 is 22.7 Å². The van der Waals surface area contributed by atoms with Gasteiger partial charge in [-0.1, -0.05) is 26.8 Å². The molecule has 0 unspecified atom stereocenters. The van der Waals surface area contributed by atoms with Crippen LogP contribution in [0.3, 0.4) is 0 Å². The van der Waals surface area contributed by atoms with Crippen molar-refractivity contribution in [1.29, 1.82) is 0 Å². The molecule has 3 aromatic rings. The summed E-state index contributed by atoms with van der Waals surface area (Å²) >= 11 is 0. The Morgan fingerprint density at radius 3 is 2.65 bits per heavy atom. The highest BCUT2D eigenvalue weighted by molar-refractivity contribution is 5.81. The van der Waals surface area contributed by atoms with Gasteiger partial charge in [-0.25, -0.2) is 9.97 Å². The van der Waals surface area contributed by atoms with Gasteiger partial charge in [0, 0.05) is 18.2 Å². The number of halogens is 3. The fourth-order valence-electron chi connectivity index (χ4n) is 3.60. The standard InChI is InChI=1S/C22H23F3N4O2/c1-21(2,3)20(30)28-9-10-31-18(13-28)16-6-4-5-15(27-16)17-11-26-19-8-7-14(12-29(17)19)22(23,24)25/h4-8,11-12,18H,9-10,13H2,1-3H3/t18-/m0/s1. The van der Waals surface area contributed by atoms with Crippen LogP contribution in [0.15, 0.2) is 42.7 Å². The van der Waals surface area contributed by atoms with Gasteiger partial charge < -0.3 is 9.64 Å². The van der Waals surface area contributed by atoms with Crippen LogP contribution in [-0.2, 0) is 15.7 Å². The van der Waals surface area contributed by atoms with E-state index in [1.165, 1.54) is 16.7 Å². The van der Waals surface area contributed by atoms with Crippen LogP contribution in [0.1, 0.15) is 38.1 Å². The van der Waals surface area contributed by atoms with Crippen LogP contribution in [0.5, 0.6) is 0 Å². The maximum atomic E-state index is 13.2. The molecule has 1 aliphatic rings. The van der Waals surface area contributed by atoms with Crippen LogP contribution in [0.25, 0.3) is 17.0 Å². The molecule has 4 heterocycles. The second kappa shape index (κ2) is 7.64. The molecule has 1 aliphatic heterocycles. The van der Waals surface area contributed by atoms with Gasteiger partial charge in [-0.05, 0) is 24.3 Å². The molecular weight excluding hydrogens is 409 g/mol. The molecule has 0 spiro atoms. The molecule has 0 saturated carbocycles. The predicted octanol–water partition coefficient (Wildman–Crippen LogP) is 4.36. The Balaban J connectivity index is 1.65. The van der Waals surface area contributed by atoms with Gasteiger partial charge in [0.1, 0.15) is 11.8 Å². The second-order valence-electron chi connectivity index (χ2n) is 8.60.